The lowest BCUT2D eigenvalue weighted by atomic mass is 10.1. The number of fused-ring (bicyclic) bond motifs is 1. The molecule has 0 fully saturated rings. The van der Waals surface area contributed by atoms with Crippen LogP contribution < -0.4 is 20.3 Å². The van der Waals surface area contributed by atoms with Crippen LogP contribution in [0.3, 0.4) is 0 Å². The maximum Gasteiger partial charge on any atom is 0.276 e. The summed E-state index contributed by atoms with van der Waals surface area (Å²) in [5.74, 6) is 0.0864. The van der Waals surface area contributed by atoms with E-state index in [1.54, 1.807) is 30.3 Å². The highest BCUT2D eigenvalue weighted by Gasteiger charge is 2.13. The molecule has 6 heteroatoms. The predicted molar refractivity (Wildman–Crippen MR) is 127 cm³/mol. The Labute approximate surface area is 192 Å². The van der Waals surface area contributed by atoms with Gasteiger partial charge in [-0.15, -0.1) is 0 Å². The number of benzene rings is 4. The summed E-state index contributed by atoms with van der Waals surface area (Å²) in [6, 6.07) is 30.4. The number of para-hydroxylation sites is 1. The van der Waals surface area contributed by atoms with E-state index in [1.165, 1.54) is 0 Å². The number of nitrogens with one attached hydrogen (secondary N) is 2. The summed E-state index contributed by atoms with van der Waals surface area (Å²) in [5.41, 5.74) is 6.28. The van der Waals surface area contributed by atoms with Crippen molar-refractivity contribution >= 4 is 22.6 Å². The smallest absolute Gasteiger partial charge is 0.276 e. The van der Waals surface area contributed by atoms with Crippen molar-refractivity contribution in [1.29, 1.82) is 0 Å². The molecule has 0 aliphatic carbocycles. The Bertz CT molecular complexity index is 1240. The second-order valence-electron chi connectivity index (χ2n) is 7.38. The molecule has 0 unspecified atom stereocenters. The minimum atomic E-state index is -0.473. The Morgan fingerprint density at radius 2 is 1.42 bits per heavy atom. The van der Waals surface area contributed by atoms with Crippen LogP contribution in [0.5, 0.6) is 11.5 Å². The Balaban J connectivity index is 1.26. The fraction of sp³-hybridized carbons (Fsp3) is 0.111. The highest BCUT2D eigenvalue weighted by molar-refractivity contribution is 5.98. The van der Waals surface area contributed by atoms with Gasteiger partial charge < -0.3 is 9.47 Å². The lowest BCUT2D eigenvalue weighted by molar-refractivity contribution is -0.123. The van der Waals surface area contributed by atoms with Gasteiger partial charge in [0, 0.05) is 6.42 Å². The molecule has 0 aliphatic heterocycles. The second kappa shape index (κ2) is 10.8. The molecule has 2 amide bonds. The van der Waals surface area contributed by atoms with E-state index in [1.807, 2.05) is 66.7 Å². The van der Waals surface area contributed by atoms with E-state index in [2.05, 4.69) is 10.9 Å². The van der Waals surface area contributed by atoms with Crippen molar-refractivity contribution in [1.82, 2.24) is 10.9 Å². The minimum absolute atomic E-state index is 0.228. The van der Waals surface area contributed by atoms with Crippen LogP contribution in [0.2, 0.25) is 0 Å². The first-order valence-electron chi connectivity index (χ1n) is 10.7. The van der Waals surface area contributed by atoms with Crippen LogP contribution in [0.15, 0.2) is 97.1 Å². The molecule has 0 aromatic heterocycles. The Kier molecular flexibility index (Phi) is 7.18. The normalized spacial score (nSPS) is 10.4. The number of hydrazine groups is 1. The maximum absolute atomic E-state index is 12.6. The van der Waals surface area contributed by atoms with E-state index >= 15 is 0 Å². The van der Waals surface area contributed by atoms with Crippen molar-refractivity contribution in [2.24, 2.45) is 0 Å². The topological polar surface area (TPSA) is 76.7 Å². The summed E-state index contributed by atoms with van der Waals surface area (Å²) >= 11 is 0. The van der Waals surface area contributed by atoms with Gasteiger partial charge in [0.2, 0.25) is 0 Å². The summed E-state index contributed by atoms with van der Waals surface area (Å²) in [6.45, 7) is 0.202. The molecule has 0 saturated carbocycles. The van der Waals surface area contributed by atoms with Crippen molar-refractivity contribution < 1.29 is 19.1 Å². The number of carbonyl (C=O) groups excluding carboxylic acids is 2. The fourth-order valence-corrected chi connectivity index (χ4v) is 3.34. The van der Waals surface area contributed by atoms with E-state index in [0.29, 0.717) is 23.7 Å². The quantitative estimate of drug-likeness (QED) is 0.401. The Morgan fingerprint density at radius 3 is 2.27 bits per heavy atom. The molecule has 0 spiro atoms. The van der Waals surface area contributed by atoms with Gasteiger partial charge in [-0.1, -0.05) is 72.8 Å². The largest absolute Gasteiger partial charge is 0.492 e. The molecule has 2 N–H and O–H groups in total. The average Bonchev–Trinajstić information content (AvgIpc) is 2.87. The third kappa shape index (κ3) is 6.11. The van der Waals surface area contributed by atoms with Crippen LogP contribution in [0, 0.1) is 0 Å². The van der Waals surface area contributed by atoms with Crippen LogP contribution in [0.1, 0.15) is 15.9 Å². The van der Waals surface area contributed by atoms with Gasteiger partial charge in [0.15, 0.2) is 6.61 Å². The number of hydrogen-bond acceptors (Lipinski definition) is 4. The van der Waals surface area contributed by atoms with E-state index in [0.717, 1.165) is 22.8 Å². The van der Waals surface area contributed by atoms with E-state index < -0.39 is 11.8 Å². The zero-order valence-corrected chi connectivity index (χ0v) is 18.0. The van der Waals surface area contributed by atoms with Gasteiger partial charge >= 0.3 is 0 Å². The minimum Gasteiger partial charge on any atom is -0.492 e. The molecule has 0 heterocycles. The monoisotopic (exact) mass is 440 g/mol. The van der Waals surface area contributed by atoms with Crippen LogP contribution >= 0.6 is 0 Å². The van der Waals surface area contributed by atoms with E-state index in [-0.39, 0.29) is 6.61 Å². The van der Waals surface area contributed by atoms with E-state index in [4.69, 9.17) is 9.47 Å². The van der Waals surface area contributed by atoms with Crippen LogP contribution in [0.25, 0.3) is 10.8 Å². The van der Waals surface area contributed by atoms with Gasteiger partial charge in [-0.3, -0.25) is 20.4 Å². The van der Waals surface area contributed by atoms with Gasteiger partial charge in [0.25, 0.3) is 11.8 Å². The lowest BCUT2D eigenvalue weighted by Crippen LogP contribution is -2.43. The van der Waals surface area contributed by atoms with Gasteiger partial charge in [-0.05, 0) is 40.6 Å². The number of hydrogen-bond donors (Lipinski definition) is 2. The summed E-state index contributed by atoms with van der Waals surface area (Å²) in [7, 11) is 0. The number of amides is 2. The Hall–Kier alpha value is -4.32. The molecule has 4 aromatic rings. The van der Waals surface area contributed by atoms with Gasteiger partial charge in [0.1, 0.15) is 11.5 Å². The summed E-state index contributed by atoms with van der Waals surface area (Å²) < 4.78 is 11.4. The van der Waals surface area contributed by atoms with Crippen molar-refractivity contribution in [3.8, 4) is 11.5 Å². The molecule has 33 heavy (non-hydrogen) atoms. The van der Waals surface area contributed by atoms with E-state index in [9.17, 15) is 9.59 Å². The average molecular weight is 440 g/mol. The summed E-state index contributed by atoms with van der Waals surface area (Å²) in [6.07, 6.45) is 0.722. The SMILES string of the molecule is O=C(COc1ccc2ccccc2c1)NNC(=O)c1ccccc1OCCc1ccccc1. The molecule has 4 rings (SSSR count). The molecule has 0 aliphatic rings. The standard InChI is InChI=1S/C27H24N2O4/c30-26(19-33-23-15-14-21-10-4-5-11-22(21)18-23)28-29-27(31)24-12-6-7-13-25(24)32-17-16-20-8-2-1-3-9-20/h1-15,18H,16-17,19H2,(H,28,30)(H,29,31). The highest BCUT2D eigenvalue weighted by atomic mass is 16.5. The molecule has 0 bridgehead atoms. The first-order chi connectivity index (χ1) is 16.2. The van der Waals surface area contributed by atoms with Crippen LogP contribution in [0.4, 0.5) is 0 Å². The molecule has 6 nitrogen and oxygen atoms in total. The molecule has 0 atom stereocenters. The Morgan fingerprint density at radius 1 is 0.697 bits per heavy atom. The maximum atomic E-state index is 12.6. The van der Waals surface area contributed by atoms with Gasteiger partial charge in [0.05, 0.1) is 12.2 Å². The third-order valence-corrected chi connectivity index (χ3v) is 5.03. The molecule has 166 valence electrons. The van der Waals surface area contributed by atoms with Crippen molar-refractivity contribution in [3.05, 3.63) is 108 Å². The highest BCUT2D eigenvalue weighted by Crippen LogP contribution is 2.20. The van der Waals surface area contributed by atoms with Crippen molar-refractivity contribution in [3.63, 3.8) is 0 Å². The van der Waals surface area contributed by atoms with Crippen molar-refractivity contribution in [2.75, 3.05) is 13.2 Å². The second-order valence-corrected chi connectivity index (χ2v) is 7.38. The molecule has 0 saturated heterocycles. The number of carbonyl (C=O) groups is 2. The van der Waals surface area contributed by atoms with Gasteiger partial charge in [-0.2, -0.15) is 0 Å². The number of rotatable bonds is 8. The summed E-state index contributed by atoms with van der Waals surface area (Å²) in [4.78, 5) is 24.7. The number of ether oxygens (including phenoxy) is 2. The van der Waals surface area contributed by atoms with Crippen LogP contribution in [-0.4, -0.2) is 25.0 Å². The zero-order valence-electron chi connectivity index (χ0n) is 18.0. The lowest BCUT2D eigenvalue weighted by Gasteiger charge is -2.13. The first kappa shape index (κ1) is 21.9. The third-order valence-electron chi connectivity index (χ3n) is 5.03. The van der Waals surface area contributed by atoms with Crippen molar-refractivity contribution in [2.45, 2.75) is 6.42 Å². The fourth-order valence-electron chi connectivity index (χ4n) is 3.34. The predicted octanol–water partition coefficient (Wildman–Crippen LogP) is 4.30. The van der Waals surface area contributed by atoms with Crippen LogP contribution in [-0.2, 0) is 11.2 Å². The molecular formula is C27H24N2O4. The zero-order chi connectivity index (χ0) is 22.9. The molecule has 0 radical (unpaired) electrons. The molecular weight excluding hydrogens is 416 g/mol. The first-order valence-corrected chi connectivity index (χ1v) is 10.7. The van der Waals surface area contributed by atoms with Gasteiger partial charge in [-0.25, -0.2) is 0 Å². The molecule has 4 aromatic carbocycles. The summed E-state index contributed by atoms with van der Waals surface area (Å²) in [5, 5.41) is 2.11.